The molecule has 102 valence electrons. The number of nitrogens with zero attached hydrogens (tertiary/aromatic N) is 3. The number of aromatic nitrogens is 2. The first-order valence-corrected chi connectivity index (χ1v) is 6.93. The highest BCUT2D eigenvalue weighted by molar-refractivity contribution is 4.95. The van der Waals surface area contributed by atoms with E-state index >= 15 is 0 Å². The van der Waals surface area contributed by atoms with E-state index in [1.54, 1.807) is 0 Å². The molecule has 0 atom stereocenters. The van der Waals surface area contributed by atoms with Crippen molar-refractivity contribution in [2.24, 2.45) is 7.05 Å². The topological polar surface area (TPSA) is 41.3 Å². The van der Waals surface area contributed by atoms with Gasteiger partial charge in [0.1, 0.15) is 5.82 Å². The Morgan fingerprint density at radius 1 is 1.39 bits per heavy atom. The zero-order valence-electron chi connectivity index (χ0n) is 11.8. The lowest BCUT2D eigenvalue weighted by atomic mass is 9.86. The number of piperidine rings is 1. The smallest absolute Gasteiger partial charge is 0.108 e. The van der Waals surface area contributed by atoms with Crippen molar-refractivity contribution in [3.63, 3.8) is 0 Å². The predicted octanol–water partition coefficient (Wildman–Crippen LogP) is 1.59. The van der Waals surface area contributed by atoms with Gasteiger partial charge in [-0.3, -0.25) is 0 Å². The summed E-state index contributed by atoms with van der Waals surface area (Å²) in [7, 11) is 2.01. The van der Waals surface area contributed by atoms with Crippen molar-refractivity contribution in [3.05, 3.63) is 18.2 Å². The maximum absolute atomic E-state index is 10.6. The maximum Gasteiger partial charge on any atom is 0.108 e. The van der Waals surface area contributed by atoms with E-state index in [-0.39, 0.29) is 0 Å². The van der Waals surface area contributed by atoms with Crippen LogP contribution in [0.3, 0.4) is 0 Å². The number of hydrogen-bond acceptors (Lipinski definition) is 3. The first kappa shape index (κ1) is 13.6. The molecule has 18 heavy (non-hydrogen) atoms. The summed E-state index contributed by atoms with van der Waals surface area (Å²) in [5, 5.41) is 10.6. The Bertz CT molecular complexity index is 378. The molecule has 1 aromatic rings. The van der Waals surface area contributed by atoms with Crippen molar-refractivity contribution in [3.8, 4) is 0 Å². The summed E-state index contributed by atoms with van der Waals surface area (Å²) in [5.74, 6) is 1.06. The van der Waals surface area contributed by atoms with Crippen LogP contribution in [0.4, 0.5) is 0 Å². The molecular formula is C14H25N3O. The van der Waals surface area contributed by atoms with Crippen LogP contribution in [0, 0.1) is 0 Å². The number of likely N-dealkylation sites (tertiary alicyclic amines) is 1. The Labute approximate surface area is 110 Å². The molecule has 1 saturated heterocycles. The summed E-state index contributed by atoms with van der Waals surface area (Å²) in [6.07, 6.45) is 7.23. The van der Waals surface area contributed by atoms with Crippen LogP contribution in [0.5, 0.6) is 0 Å². The van der Waals surface area contributed by atoms with Crippen LogP contribution in [-0.2, 0) is 13.5 Å². The molecule has 2 heterocycles. The monoisotopic (exact) mass is 251 g/mol. The number of hydrogen-bond donors (Lipinski definition) is 1. The zero-order chi connectivity index (χ0) is 13.2. The van der Waals surface area contributed by atoms with E-state index in [1.807, 2.05) is 24.0 Å². The summed E-state index contributed by atoms with van der Waals surface area (Å²) in [6, 6.07) is 0.587. The molecule has 1 aliphatic heterocycles. The van der Waals surface area contributed by atoms with Gasteiger partial charge in [0.25, 0.3) is 0 Å². The second-order valence-electron chi connectivity index (χ2n) is 5.81. The quantitative estimate of drug-likeness (QED) is 0.883. The first-order chi connectivity index (χ1) is 8.50. The number of imidazole rings is 1. The maximum atomic E-state index is 10.6. The predicted molar refractivity (Wildman–Crippen MR) is 72.4 cm³/mol. The number of aryl methyl sites for hydroxylation is 2. The SMILES string of the molecule is CC(C)N1CCC(O)(CCc2nccn2C)CC1. The lowest BCUT2D eigenvalue weighted by molar-refractivity contribution is -0.0338. The van der Waals surface area contributed by atoms with Gasteiger partial charge in [0.05, 0.1) is 5.60 Å². The molecule has 0 aromatic carbocycles. The van der Waals surface area contributed by atoms with Crippen molar-refractivity contribution in [2.45, 2.75) is 51.2 Å². The molecule has 1 N–H and O–H groups in total. The Kier molecular flexibility index (Phi) is 4.07. The molecule has 0 radical (unpaired) electrons. The molecule has 0 saturated carbocycles. The third-order valence-electron chi connectivity index (χ3n) is 4.19. The normalized spacial score (nSPS) is 20.5. The number of aliphatic hydroxyl groups is 1. The average molecular weight is 251 g/mol. The van der Waals surface area contributed by atoms with Crippen LogP contribution in [0.1, 0.15) is 38.9 Å². The summed E-state index contributed by atoms with van der Waals surface area (Å²) < 4.78 is 2.03. The molecular weight excluding hydrogens is 226 g/mol. The van der Waals surface area contributed by atoms with Crippen LogP contribution in [0.2, 0.25) is 0 Å². The molecule has 0 amide bonds. The van der Waals surface area contributed by atoms with Crippen LogP contribution >= 0.6 is 0 Å². The van der Waals surface area contributed by atoms with Gasteiger partial charge in [0.15, 0.2) is 0 Å². The Hall–Kier alpha value is -0.870. The van der Waals surface area contributed by atoms with Crippen molar-refractivity contribution in [1.29, 1.82) is 0 Å². The minimum Gasteiger partial charge on any atom is -0.390 e. The van der Waals surface area contributed by atoms with Crippen LogP contribution in [-0.4, -0.2) is 44.3 Å². The second-order valence-corrected chi connectivity index (χ2v) is 5.81. The highest BCUT2D eigenvalue weighted by Crippen LogP contribution is 2.27. The summed E-state index contributed by atoms with van der Waals surface area (Å²) in [5.41, 5.74) is -0.489. The summed E-state index contributed by atoms with van der Waals surface area (Å²) in [4.78, 5) is 6.76. The van der Waals surface area contributed by atoms with Crippen molar-refractivity contribution in [1.82, 2.24) is 14.5 Å². The fourth-order valence-corrected chi connectivity index (χ4v) is 2.69. The van der Waals surface area contributed by atoms with Gasteiger partial charge >= 0.3 is 0 Å². The fourth-order valence-electron chi connectivity index (χ4n) is 2.69. The van der Waals surface area contributed by atoms with E-state index in [4.69, 9.17) is 0 Å². The minimum atomic E-state index is -0.489. The van der Waals surface area contributed by atoms with Crippen LogP contribution in [0.15, 0.2) is 12.4 Å². The van der Waals surface area contributed by atoms with Crippen LogP contribution < -0.4 is 0 Å². The van der Waals surface area contributed by atoms with Gasteiger partial charge in [-0.05, 0) is 33.1 Å². The molecule has 2 rings (SSSR count). The molecule has 1 fully saturated rings. The fraction of sp³-hybridized carbons (Fsp3) is 0.786. The van der Waals surface area contributed by atoms with Crippen LogP contribution in [0.25, 0.3) is 0 Å². The molecule has 1 aliphatic rings. The Morgan fingerprint density at radius 3 is 2.56 bits per heavy atom. The van der Waals surface area contributed by atoms with Gasteiger partial charge in [-0.2, -0.15) is 0 Å². The number of rotatable bonds is 4. The standard InChI is InChI=1S/C14H25N3O/c1-12(2)17-9-6-14(18,7-10-17)5-4-13-15-8-11-16(13)3/h8,11-12,18H,4-7,9-10H2,1-3H3. The van der Waals surface area contributed by atoms with Gasteiger partial charge < -0.3 is 14.6 Å². The second kappa shape index (κ2) is 5.41. The van der Waals surface area contributed by atoms with Crippen molar-refractivity contribution >= 4 is 0 Å². The van der Waals surface area contributed by atoms with E-state index in [9.17, 15) is 5.11 Å². The molecule has 4 heteroatoms. The lowest BCUT2D eigenvalue weighted by Gasteiger charge is -2.40. The van der Waals surface area contributed by atoms with Crippen molar-refractivity contribution in [2.75, 3.05) is 13.1 Å². The zero-order valence-corrected chi connectivity index (χ0v) is 11.8. The van der Waals surface area contributed by atoms with Gasteiger partial charge in [-0.1, -0.05) is 0 Å². The highest BCUT2D eigenvalue weighted by Gasteiger charge is 2.32. The lowest BCUT2D eigenvalue weighted by Crippen LogP contribution is -2.47. The largest absolute Gasteiger partial charge is 0.390 e. The van der Waals surface area contributed by atoms with E-state index in [0.29, 0.717) is 6.04 Å². The van der Waals surface area contributed by atoms with E-state index in [2.05, 4.69) is 23.7 Å². The average Bonchev–Trinajstić information content (AvgIpc) is 2.73. The van der Waals surface area contributed by atoms with E-state index < -0.39 is 5.60 Å². The third kappa shape index (κ3) is 3.12. The van der Waals surface area contributed by atoms with E-state index in [0.717, 1.165) is 44.6 Å². The Morgan fingerprint density at radius 2 is 2.06 bits per heavy atom. The van der Waals surface area contributed by atoms with Gasteiger partial charge in [-0.15, -0.1) is 0 Å². The molecule has 0 spiro atoms. The summed E-state index contributed by atoms with van der Waals surface area (Å²) >= 11 is 0. The van der Waals surface area contributed by atoms with E-state index in [1.165, 1.54) is 0 Å². The Balaban J connectivity index is 1.85. The van der Waals surface area contributed by atoms with Gasteiger partial charge in [0, 0.05) is 45.0 Å². The molecule has 0 bridgehead atoms. The third-order valence-corrected chi connectivity index (χ3v) is 4.19. The molecule has 0 unspecified atom stereocenters. The highest BCUT2D eigenvalue weighted by atomic mass is 16.3. The first-order valence-electron chi connectivity index (χ1n) is 6.93. The molecule has 0 aliphatic carbocycles. The van der Waals surface area contributed by atoms with Gasteiger partial charge in [0.2, 0.25) is 0 Å². The van der Waals surface area contributed by atoms with Gasteiger partial charge in [-0.25, -0.2) is 4.98 Å². The molecule has 4 nitrogen and oxygen atoms in total. The molecule has 1 aromatic heterocycles. The van der Waals surface area contributed by atoms with Crippen molar-refractivity contribution < 1.29 is 5.11 Å². The minimum absolute atomic E-state index is 0.489. The summed E-state index contributed by atoms with van der Waals surface area (Å²) in [6.45, 7) is 6.46.